The van der Waals surface area contributed by atoms with Crippen molar-refractivity contribution in [2.75, 3.05) is 5.73 Å². The van der Waals surface area contributed by atoms with Crippen LogP contribution in [0.25, 0.3) is 10.9 Å². The van der Waals surface area contributed by atoms with Gasteiger partial charge in [0.2, 0.25) is 5.88 Å². The van der Waals surface area contributed by atoms with E-state index >= 15 is 0 Å². The molecule has 0 atom stereocenters. The van der Waals surface area contributed by atoms with Gasteiger partial charge in [0.05, 0.1) is 10.9 Å². The number of rotatable bonds is 1. The first-order valence-electron chi connectivity index (χ1n) is 5.85. The van der Waals surface area contributed by atoms with Gasteiger partial charge in [-0.1, -0.05) is 0 Å². The third-order valence-corrected chi connectivity index (χ3v) is 2.29. The van der Waals surface area contributed by atoms with Crippen molar-refractivity contribution < 1.29 is 9.53 Å². The number of ether oxygens (including phenoxy) is 1. The maximum atomic E-state index is 11.7. The van der Waals surface area contributed by atoms with Crippen LogP contribution in [-0.2, 0) is 0 Å². The van der Waals surface area contributed by atoms with Crippen molar-refractivity contribution in [1.29, 1.82) is 0 Å². The fourth-order valence-corrected chi connectivity index (χ4v) is 1.55. The standard InChI is InChI=1S/C13H16N4O2/c1-13(2,3)17-12(18)19-11-9-6-8(14)4-5-10(9)15-7-16-11/h4-7H,14H2,1-3H3,(H,17,18). The highest BCUT2D eigenvalue weighted by Gasteiger charge is 2.17. The van der Waals surface area contributed by atoms with E-state index in [9.17, 15) is 4.79 Å². The zero-order valence-corrected chi connectivity index (χ0v) is 11.1. The number of carbonyl (C=O) groups excluding carboxylic acids is 1. The van der Waals surface area contributed by atoms with Gasteiger partial charge < -0.3 is 15.8 Å². The van der Waals surface area contributed by atoms with E-state index in [0.29, 0.717) is 16.6 Å². The second kappa shape index (κ2) is 4.72. The summed E-state index contributed by atoms with van der Waals surface area (Å²) in [7, 11) is 0. The number of nitrogens with one attached hydrogen (secondary N) is 1. The molecule has 0 radical (unpaired) electrons. The lowest BCUT2D eigenvalue weighted by Crippen LogP contribution is -2.42. The average molecular weight is 260 g/mol. The van der Waals surface area contributed by atoms with E-state index in [1.807, 2.05) is 20.8 Å². The molecule has 19 heavy (non-hydrogen) atoms. The molecule has 0 aliphatic rings. The Balaban J connectivity index is 2.30. The SMILES string of the molecule is CC(C)(C)NC(=O)Oc1ncnc2ccc(N)cc12. The predicted molar refractivity (Wildman–Crippen MR) is 72.9 cm³/mol. The number of anilines is 1. The summed E-state index contributed by atoms with van der Waals surface area (Å²) in [5.74, 6) is 0.194. The quantitative estimate of drug-likeness (QED) is 0.766. The molecule has 1 amide bonds. The maximum Gasteiger partial charge on any atom is 0.414 e. The Labute approximate surface area is 111 Å². The molecule has 6 heteroatoms. The maximum absolute atomic E-state index is 11.7. The van der Waals surface area contributed by atoms with Crippen molar-refractivity contribution >= 4 is 22.7 Å². The Morgan fingerprint density at radius 1 is 1.32 bits per heavy atom. The Hall–Kier alpha value is -2.37. The minimum atomic E-state index is -0.560. The second-order valence-corrected chi connectivity index (χ2v) is 5.22. The third kappa shape index (κ3) is 3.31. The van der Waals surface area contributed by atoms with Gasteiger partial charge in [-0.05, 0) is 39.0 Å². The lowest BCUT2D eigenvalue weighted by molar-refractivity contribution is 0.189. The van der Waals surface area contributed by atoms with Crippen LogP contribution in [0.5, 0.6) is 5.88 Å². The molecule has 0 saturated heterocycles. The highest BCUT2D eigenvalue weighted by Crippen LogP contribution is 2.23. The van der Waals surface area contributed by atoms with Crippen molar-refractivity contribution in [3.05, 3.63) is 24.5 Å². The van der Waals surface area contributed by atoms with E-state index in [-0.39, 0.29) is 11.4 Å². The number of nitrogens with two attached hydrogens (primary N) is 1. The predicted octanol–water partition coefficient (Wildman–Crippen LogP) is 2.10. The van der Waals surface area contributed by atoms with Gasteiger partial charge in [0.1, 0.15) is 6.33 Å². The molecule has 0 bridgehead atoms. The van der Waals surface area contributed by atoms with Gasteiger partial charge in [0.15, 0.2) is 0 Å². The lowest BCUT2D eigenvalue weighted by atomic mass is 10.1. The molecule has 100 valence electrons. The lowest BCUT2D eigenvalue weighted by Gasteiger charge is -2.19. The van der Waals surface area contributed by atoms with Crippen LogP contribution >= 0.6 is 0 Å². The van der Waals surface area contributed by atoms with Crippen LogP contribution in [-0.4, -0.2) is 21.6 Å². The zero-order valence-electron chi connectivity index (χ0n) is 11.1. The van der Waals surface area contributed by atoms with Crippen LogP contribution in [0, 0.1) is 0 Å². The van der Waals surface area contributed by atoms with Gasteiger partial charge >= 0.3 is 6.09 Å². The number of nitrogen functional groups attached to an aromatic ring is 1. The highest BCUT2D eigenvalue weighted by molar-refractivity contribution is 5.88. The number of benzene rings is 1. The second-order valence-electron chi connectivity index (χ2n) is 5.22. The molecule has 0 aliphatic heterocycles. The molecule has 0 unspecified atom stereocenters. The molecule has 0 fully saturated rings. The van der Waals surface area contributed by atoms with Gasteiger partial charge in [-0.3, -0.25) is 0 Å². The average Bonchev–Trinajstić information content (AvgIpc) is 2.27. The van der Waals surface area contributed by atoms with Crippen LogP contribution in [0.3, 0.4) is 0 Å². The molecule has 3 N–H and O–H groups in total. The summed E-state index contributed by atoms with van der Waals surface area (Å²) in [4.78, 5) is 19.8. The first-order chi connectivity index (χ1) is 8.85. The van der Waals surface area contributed by atoms with Gasteiger partial charge in [0, 0.05) is 11.2 Å². The van der Waals surface area contributed by atoms with Gasteiger partial charge in [-0.25, -0.2) is 14.8 Å². The van der Waals surface area contributed by atoms with Crippen molar-refractivity contribution in [3.8, 4) is 5.88 Å². The summed E-state index contributed by atoms with van der Waals surface area (Å²) in [6.45, 7) is 5.60. The van der Waals surface area contributed by atoms with Gasteiger partial charge in [0.25, 0.3) is 0 Å². The molecule has 6 nitrogen and oxygen atoms in total. The highest BCUT2D eigenvalue weighted by atomic mass is 16.6. The number of hydrogen-bond acceptors (Lipinski definition) is 5. The number of carbonyl (C=O) groups is 1. The summed E-state index contributed by atoms with van der Waals surface area (Å²) in [6.07, 6.45) is 0.785. The number of aromatic nitrogens is 2. The Morgan fingerprint density at radius 2 is 2.05 bits per heavy atom. The Morgan fingerprint density at radius 3 is 2.74 bits per heavy atom. The van der Waals surface area contributed by atoms with Crippen molar-refractivity contribution in [3.63, 3.8) is 0 Å². The van der Waals surface area contributed by atoms with E-state index in [0.717, 1.165) is 0 Å². The van der Waals surface area contributed by atoms with Crippen molar-refractivity contribution in [1.82, 2.24) is 15.3 Å². The van der Waals surface area contributed by atoms with E-state index in [1.165, 1.54) is 6.33 Å². The summed E-state index contributed by atoms with van der Waals surface area (Å²) in [5.41, 5.74) is 6.57. The number of fused-ring (bicyclic) bond motifs is 1. The minimum Gasteiger partial charge on any atom is -0.399 e. The molecule has 1 heterocycles. The molecule has 0 saturated carbocycles. The van der Waals surface area contributed by atoms with E-state index in [4.69, 9.17) is 10.5 Å². The largest absolute Gasteiger partial charge is 0.414 e. The van der Waals surface area contributed by atoms with Crippen molar-refractivity contribution in [2.45, 2.75) is 26.3 Å². The van der Waals surface area contributed by atoms with Crippen LogP contribution in [0.1, 0.15) is 20.8 Å². The molecule has 1 aromatic carbocycles. The molecular formula is C13H16N4O2. The summed E-state index contributed by atoms with van der Waals surface area (Å²) in [5, 5.41) is 3.30. The zero-order chi connectivity index (χ0) is 14.0. The number of nitrogens with zero attached hydrogens (tertiary/aromatic N) is 2. The Kier molecular flexibility index (Phi) is 3.25. The summed E-state index contributed by atoms with van der Waals surface area (Å²) in [6, 6.07) is 5.16. The molecule has 0 aliphatic carbocycles. The number of amides is 1. The monoisotopic (exact) mass is 260 g/mol. The van der Waals surface area contributed by atoms with Crippen LogP contribution in [0.15, 0.2) is 24.5 Å². The van der Waals surface area contributed by atoms with E-state index in [2.05, 4.69) is 15.3 Å². The van der Waals surface area contributed by atoms with Crippen molar-refractivity contribution in [2.24, 2.45) is 0 Å². The fourth-order valence-electron chi connectivity index (χ4n) is 1.55. The Bertz CT molecular complexity index is 620. The van der Waals surface area contributed by atoms with E-state index < -0.39 is 6.09 Å². The molecule has 1 aromatic heterocycles. The first-order valence-corrected chi connectivity index (χ1v) is 5.85. The first kappa shape index (κ1) is 13.1. The smallest absolute Gasteiger partial charge is 0.399 e. The van der Waals surface area contributed by atoms with E-state index in [1.54, 1.807) is 18.2 Å². The topological polar surface area (TPSA) is 90.1 Å². The number of hydrogen-bond donors (Lipinski definition) is 2. The normalized spacial score (nSPS) is 11.3. The molecular weight excluding hydrogens is 244 g/mol. The molecule has 2 aromatic rings. The van der Waals surface area contributed by atoms with Gasteiger partial charge in [-0.15, -0.1) is 0 Å². The third-order valence-electron chi connectivity index (χ3n) is 2.29. The van der Waals surface area contributed by atoms with Crippen LogP contribution in [0.2, 0.25) is 0 Å². The summed E-state index contributed by atoms with van der Waals surface area (Å²) >= 11 is 0. The summed E-state index contributed by atoms with van der Waals surface area (Å²) < 4.78 is 5.20. The van der Waals surface area contributed by atoms with Crippen LogP contribution < -0.4 is 15.8 Å². The fraction of sp³-hybridized carbons (Fsp3) is 0.308. The van der Waals surface area contributed by atoms with Gasteiger partial charge in [-0.2, -0.15) is 0 Å². The molecule has 2 rings (SSSR count). The minimum absolute atomic E-state index is 0.194. The van der Waals surface area contributed by atoms with Crippen LogP contribution in [0.4, 0.5) is 10.5 Å². The molecule has 0 spiro atoms.